The molecule has 1 N–H and O–H groups in total. The Balaban J connectivity index is 1.38. The van der Waals surface area contributed by atoms with Crippen LogP contribution in [0.3, 0.4) is 0 Å². The number of amides is 2. The maximum Gasteiger partial charge on any atom is 0.413 e. The third-order valence-corrected chi connectivity index (χ3v) is 9.68. The number of hydrogen-bond acceptors (Lipinski definition) is 11. The van der Waals surface area contributed by atoms with Gasteiger partial charge in [0.1, 0.15) is 29.1 Å². The van der Waals surface area contributed by atoms with Gasteiger partial charge in [-0.05, 0) is 80.1 Å². The summed E-state index contributed by atoms with van der Waals surface area (Å²) in [4.78, 5) is 45.1. The predicted octanol–water partition coefficient (Wildman–Crippen LogP) is 7.58. The third kappa shape index (κ3) is 7.97. The smallest absolute Gasteiger partial charge is 0.413 e. The van der Waals surface area contributed by atoms with Crippen molar-refractivity contribution in [2.24, 2.45) is 0 Å². The first kappa shape index (κ1) is 35.8. The molecular formula is C35H43ClFN7O5S. The number of benzene rings is 2. The van der Waals surface area contributed by atoms with Crippen LogP contribution in [0.25, 0.3) is 32.2 Å². The normalized spacial score (nSPS) is 17.4. The van der Waals surface area contributed by atoms with Crippen LogP contribution in [-0.2, 0) is 9.47 Å². The topological polar surface area (TPSA) is 122 Å². The van der Waals surface area contributed by atoms with E-state index < -0.39 is 23.1 Å². The third-order valence-electron chi connectivity index (χ3n) is 8.45. The van der Waals surface area contributed by atoms with Crippen molar-refractivity contribution in [3.8, 4) is 17.1 Å². The second-order valence-electron chi connectivity index (χ2n) is 14.6. The second kappa shape index (κ2) is 14.0. The molecule has 50 heavy (non-hydrogen) atoms. The van der Waals surface area contributed by atoms with E-state index in [-0.39, 0.29) is 34.2 Å². The Hall–Kier alpha value is -4.01. The molecule has 0 radical (unpaired) electrons. The average molecular weight is 728 g/mol. The van der Waals surface area contributed by atoms with Gasteiger partial charge in [-0.1, -0.05) is 35.1 Å². The highest BCUT2D eigenvalue weighted by Crippen LogP contribution is 2.42. The first-order chi connectivity index (χ1) is 23.6. The van der Waals surface area contributed by atoms with Gasteiger partial charge in [0.2, 0.25) is 0 Å². The molecule has 2 aliphatic rings. The van der Waals surface area contributed by atoms with Crippen molar-refractivity contribution in [1.29, 1.82) is 0 Å². The zero-order chi connectivity index (χ0) is 36.0. The number of rotatable bonds is 6. The van der Waals surface area contributed by atoms with E-state index in [1.54, 1.807) is 43.9 Å². The van der Waals surface area contributed by atoms with Crippen molar-refractivity contribution >= 4 is 67.2 Å². The van der Waals surface area contributed by atoms with E-state index in [2.05, 4.69) is 27.2 Å². The molecule has 0 spiro atoms. The molecule has 15 heteroatoms. The Morgan fingerprint density at radius 1 is 1.00 bits per heavy atom. The number of anilines is 2. The van der Waals surface area contributed by atoms with E-state index in [1.165, 1.54) is 11.3 Å². The number of nitrogens with zero attached hydrogens (tertiary/aromatic N) is 6. The van der Waals surface area contributed by atoms with E-state index >= 15 is 4.39 Å². The molecule has 4 heterocycles. The van der Waals surface area contributed by atoms with Crippen molar-refractivity contribution < 1.29 is 28.2 Å². The van der Waals surface area contributed by atoms with E-state index in [4.69, 9.17) is 30.8 Å². The van der Waals surface area contributed by atoms with Crippen LogP contribution in [0.15, 0.2) is 24.3 Å². The highest BCUT2D eigenvalue weighted by atomic mass is 35.5. The molecular weight excluding hydrogens is 685 g/mol. The Morgan fingerprint density at radius 3 is 2.38 bits per heavy atom. The largest absolute Gasteiger partial charge is 0.462 e. The quantitative estimate of drug-likeness (QED) is 0.213. The molecule has 12 nitrogen and oxygen atoms in total. The van der Waals surface area contributed by atoms with Crippen molar-refractivity contribution in [3.05, 3.63) is 35.1 Å². The number of para-hydroxylation sites is 1. The van der Waals surface area contributed by atoms with Gasteiger partial charge in [-0.15, -0.1) is 0 Å². The van der Waals surface area contributed by atoms with Crippen molar-refractivity contribution in [1.82, 2.24) is 24.8 Å². The molecule has 4 aromatic rings. The number of carbonyl (C=O) groups is 2. The van der Waals surface area contributed by atoms with Gasteiger partial charge >= 0.3 is 18.2 Å². The Morgan fingerprint density at radius 2 is 1.72 bits per heavy atom. The lowest BCUT2D eigenvalue weighted by atomic mass is 10.0. The summed E-state index contributed by atoms with van der Waals surface area (Å²) in [5, 5.41) is 3.56. The molecule has 0 saturated carbocycles. The fourth-order valence-electron chi connectivity index (χ4n) is 6.09. The minimum absolute atomic E-state index is 0.0538. The van der Waals surface area contributed by atoms with Crippen LogP contribution in [0.2, 0.25) is 5.02 Å². The number of fused-ring (bicyclic) bond motifs is 2. The van der Waals surface area contributed by atoms with Crippen LogP contribution < -0.4 is 15.0 Å². The Kier molecular flexibility index (Phi) is 9.99. The van der Waals surface area contributed by atoms with Crippen molar-refractivity contribution in [2.75, 3.05) is 56.6 Å². The fraction of sp³-hybridized carbons (Fsp3) is 0.514. The van der Waals surface area contributed by atoms with E-state index in [1.807, 2.05) is 31.7 Å². The number of likely N-dealkylation sites (tertiary alicyclic amines) is 1. The van der Waals surface area contributed by atoms with Crippen LogP contribution in [0.4, 0.5) is 24.9 Å². The monoisotopic (exact) mass is 727 g/mol. The molecule has 2 aromatic heterocycles. The maximum atomic E-state index is 17.0. The van der Waals surface area contributed by atoms with Crippen molar-refractivity contribution in [3.63, 3.8) is 0 Å². The van der Waals surface area contributed by atoms with Crippen LogP contribution in [0, 0.1) is 5.82 Å². The van der Waals surface area contributed by atoms with E-state index in [0.29, 0.717) is 60.2 Å². The number of thiazole rings is 1. The lowest BCUT2D eigenvalue weighted by Gasteiger charge is -2.36. The van der Waals surface area contributed by atoms with Gasteiger partial charge in [-0.3, -0.25) is 5.32 Å². The number of ether oxygens (including phenoxy) is 3. The van der Waals surface area contributed by atoms with Crippen LogP contribution in [0.5, 0.6) is 6.01 Å². The molecule has 0 bridgehead atoms. The first-order valence-electron chi connectivity index (χ1n) is 16.7. The van der Waals surface area contributed by atoms with Gasteiger partial charge in [-0.25, -0.2) is 19.0 Å². The van der Waals surface area contributed by atoms with Gasteiger partial charge in [0.25, 0.3) is 0 Å². The molecule has 0 aliphatic carbocycles. The zero-order valence-electron chi connectivity index (χ0n) is 29.4. The summed E-state index contributed by atoms with van der Waals surface area (Å²) in [6.07, 6.45) is 1.04. The number of carbonyl (C=O) groups excluding carboxylic acids is 2. The maximum absolute atomic E-state index is 17.0. The van der Waals surface area contributed by atoms with Crippen molar-refractivity contribution in [2.45, 2.75) is 71.6 Å². The van der Waals surface area contributed by atoms with Gasteiger partial charge in [0.15, 0.2) is 10.9 Å². The van der Waals surface area contributed by atoms with Gasteiger partial charge in [0, 0.05) is 48.7 Å². The van der Waals surface area contributed by atoms with Crippen LogP contribution in [0.1, 0.15) is 54.4 Å². The van der Waals surface area contributed by atoms with Crippen LogP contribution in [-0.4, -0.2) is 101 Å². The molecule has 2 amide bonds. The summed E-state index contributed by atoms with van der Waals surface area (Å²) >= 11 is 8.15. The summed E-state index contributed by atoms with van der Waals surface area (Å²) in [5.41, 5.74) is -0.200. The molecule has 1 unspecified atom stereocenters. The second-order valence-corrected chi connectivity index (χ2v) is 16.1. The lowest BCUT2D eigenvalue weighted by Crippen LogP contribution is -2.50. The van der Waals surface area contributed by atoms with E-state index in [0.717, 1.165) is 24.1 Å². The summed E-state index contributed by atoms with van der Waals surface area (Å²) in [5.74, 6) is -0.176. The summed E-state index contributed by atoms with van der Waals surface area (Å²) in [6, 6.07) is 7.30. The SMILES string of the molecule is CN1CCCC1COc1nc(N2CCN(C(=O)OC(C)(C)C)CC2)c2cc(Cl)c(-c3cccc4sc(NC(=O)OC(C)(C)C)nc34)c(F)c2n1. The van der Waals surface area contributed by atoms with Gasteiger partial charge in [-0.2, -0.15) is 9.97 Å². The zero-order valence-corrected chi connectivity index (χ0v) is 31.0. The fourth-order valence-corrected chi connectivity index (χ4v) is 7.27. The molecule has 2 aliphatic heterocycles. The van der Waals surface area contributed by atoms with Crippen LogP contribution >= 0.6 is 22.9 Å². The lowest BCUT2D eigenvalue weighted by molar-refractivity contribution is 0.0240. The molecule has 2 aromatic carbocycles. The molecule has 1 atom stereocenters. The number of hydrogen-bond donors (Lipinski definition) is 1. The minimum atomic E-state index is -0.685. The van der Waals surface area contributed by atoms with E-state index in [9.17, 15) is 9.59 Å². The predicted molar refractivity (Wildman–Crippen MR) is 194 cm³/mol. The minimum Gasteiger partial charge on any atom is -0.462 e. The van der Waals surface area contributed by atoms with Gasteiger partial charge < -0.3 is 28.9 Å². The number of aromatic nitrogens is 3. The molecule has 2 saturated heterocycles. The number of likely N-dealkylation sites (N-methyl/N-ethyl adjacent to an activating group) is 1. The van der Waals surface area contributed by atoms with Gasteiger partial charge in [0.05, 0.1) is 15.2 Å². The summed E-state index contributed by atoms with van der Waals surface area (Å²) in [6.45, 7) is 13.8. The molecule has 2 fully saturated rings. The number of piperazine rings is 1. The molecule has 268 valence electrons. The summed E-state index contributed by atoms with van der Waals surface area (Å²) in [7, 11) is 2.05. The highest BCUT2D eigenvalue weighted by Gasteiger charge is 2.30. The highest BCUT2D eigenvalue weighted by molar-refractivity contribution is 7.22. The average Bonchev–Trinajstić information content (AvgIpc) is 3.63. The molecule has 6 rings (SSSR count). The first-order valence-corrected chi connectivity index (χ1v) is 17.9. The number of halogens is 2. The Labute approximate surface area is 299 Å². The summed E-state index contributed by atoms with van der Waals surface area (Å²) < 4.78 is 34.8. The standard InChI is InChI=1S/C35H43ClFN7O5S/c1-34(2,3)48-32(45)41-31-39-27-21(11-8-12-24(27)50-31)25-23(36)18-22-28(26(25)37)38-30(47-19-20-10-9-13-42(20)7)40-29(22)43-14-16-44(17-15-43)33(46)49-35(4,5)6/h8,11-12,18,20H,9-10,13-17,19H2,1-7H3,(H,39,41,45). The Bertz CT molecular complexity index is 1920. The number of nitrogens with one attached hydrogen (secondary N) is 1.